The maximum atomic E-state index is 12.7. The summed E-state index contributed by atoms with van der Waals surface area (Å²) in [6.07, 6.45) is 4.63. The van der Waals surface area contributed by atoms with Gasteiger partial charge in [-0.25, -0.2) is 0 Å². The Morgan fingerprint density at radius 2 is 1.89 bits per heavy atom. The highest BCUT2D eigenvalue weighted by Gasteiger charge is 2.45. The fourth-order valence-corrected chi connectivity index (χ4v) is 6.71. The molecule has 1 aromatic heterocycles. The zero-order chi connectivity index (χ0) is 25.0. The van der Waals surface area contributed by atoms with Crippen LogP contribution < -0.4 is 16.0 Å². The SMILES string of the molecule is CC(=O)N1CCC(c2ccc3c(c2)[nH]c2c(C(N)=O)ccc(N4CCCC5(CCNC5=O)C4)c23)CC1. The number of hydrogen-bond acceptors (Lipinski definition) is 4. The third-order valence-electron chi connectivity index (χ3n) is 8.72. The van der Waals surface area contributed by atoms with Crippen LogP contribution in [0.2, 0.25) is 0 Å². The standard InChI is InChI=1S/C28H33N5O3/c1-17(34)32-13-7-18(8-14-32)19-3-4-20-22(15-19)31-25-21(26(29)35)5-6-23(24(20)25)33-12-2-9-28(16-33)10-11-30-27(28)36/h3-6,15,18,31H,2,7-14,16H2,1H3,(H2,29,35)(H,30,36). The van der Waals surface area contributed by atoms with E-state index in [1.807, 2.05) is 17.0 Å². The maximum absolute atomic E-state index is 12.7. The summed E-state index contributed by atoms with van der Waals surface area (Å²) in [5.74, 6) is 0.242. The summed E-state index contributed by atoms with van der Waals surface area (Å²) in [5.41, 5.74) is 9.95. The number of aromatic nitrogens is 1. The molecule has 8 nitrogen and oxygen atoms in total. The normalized spacial score (nSPS) is 23.1. The Morgan fingerprint density at radius 1 is 1.08 bits per heavy atom. The van der Waals surface area contributed by atoms with Crippen LogP contribution in [0.25, 0.3) is 21.8 Å². The number of benzene rings is 2. The molecule has 1 unspecified atom stereocenters. The second-order valence-electron chi connectivity index (χ2n) is 10.8. The predicted octanol–water partition coefficient (Wildman–Crippen LogP) is 3.25. The summed E-state index contributed by atoms with van der Waals surface area (Å²) in [5, 5.41) is 5.08. The predicted molar refractivity (Wildman–Crippen MR) is 140 cm³/mol. The van der Waals surface area contributed by atoms with Crippen molar-refractivity contribution in [2.24, 2.45) is 11.1 Å². The first-order valence-electron chi connectivity index (χ1n) is 13.0. The molecule has 0 aliphatic carbocycles. The zero-order valence-corrected chi connectivity index (χ0v) is 20.7. The van der Waals surface area contributed by atoms with Gasteiger partial charge in [0.1, 0.15) is 0 Å². The number of piperidine rings is 2. The van der Waals surface area contributed by atoms with E-state index in [1.54, 1.807) is 6.92 Å². The fraction of sp³-hybridized carbons (Fsp3) is 0.464. The van der Waals surface area contributed by atoms with Crippen LogP contribution in [0.3, 0.4) is 0 Å². The number of primary amides is 1. The largest absolute Gasteiger partial charge is 0.370 e. The number of likely N-dealkylation sites (tertiary alicyclic amines) is 1. The molecule has 4 heterocycles. The molecule has 0 saturated carbocycles. The summed E-state index contributed by atoms with van der Waals surface area (Å²) in [6, 6.07) is 10.3. The first-order chi connectivity index (χ1) is 17.4. The van der Waals surface area contributed by atoms with E-state index in [2.05, 4.69) is 33.4 Å². The lowest BCUT2D eigenvalue weighted by molar-refractivity contribution is -0.130. The Balaban J connectivity index is 1.41. The van der Waals surface area contributed by atoms with Gasteiger partial charge in [-0.3, -0.25) is 14.4 Å². The van der Waals surface area contributed by atoms with Gasteiger partial charge in [-0.05, 0) is 61.8 Å². The van der Waals surface area contributed by atoms with E-state index in [0.717, 1.165) is 85.8 Å². The third-order valence-corrected chi connectivity index (χ3v) is 8.72. The summed E-state index contributed by atoms with van der Waals surface area (Å²) < 4.78 is 0. The van der Waals surface area contributed by atoms with Crippen LogP contribution >= 0.6 is 0 Å². The van der Waals surface area contributed by atoms with Crippen molar-refractivity contribution in [2.75, 3.05) is 37.6 Å². The lowest BCUT2D eigenvalue weighted by Gasteiger charge is -2.40. The number of H-pyrrole nitrogens is 1. The Bertz CT molecular complexity index is 1390. The minimum Gasteiger partial charge on any atom is -0.370 e. The Hall–Kier alpha value is -3.55. The number of carbonyl (C=O) groups is 3. The molecule has 3 amide bonds. The van der Waals surface area contributed by atoms with E-state index in [4.69, 9.17) is 5.73 Å². The van der Waals surface area contributed by atoms with E-state index in [-0.39, 0.29) is 17.2 Å². The minimum absolute atomic E-state index is 0.139. The molecule has 3 fully saturated rings. The molecule has 1 spiro atoms. The third kappa shape index (κ3) is 3.62. The van der Waals surface area contributed by atoms with Gasteiger partial charge in [-0.1, -0.05) is 12.1 Å². The van der Waals surface area contributed by atoms with Crippen molar-refractivity contribution < 1.29 is 14.4 Å². The molecule has 188 valence electrons. The number of hydrogen-bond donors (Lipinski definition) is 3. The minimum atomic E-state index is -0.458. The highest BCUT2D eigenvalue weighted by atomic mass is 16.2. The monoisotopic (exact) mass is 487 g/mol. The summed E-state index contributed by atoms with van der Waals surface area (Å²) >= 11 is 0. The number of rotatable bonds is 3. The van der Waals surface area contributed by atoms with Crippen molar-refractivity contribution in [2.45, 2.75) is 44.9 Å². The highest BCUT2D eigenvalue weighted by Crippen LogP contribution is 2.43. The van der Waals surface area contributed by atoms with Crippen molar-refractivity contribution in [1.82, 2.24) is 15.2 Å². The number of aromatic amines is 1. The average Bonchev–Trinajstić information content (AvgIpc) is 3.43. The molecule has 0 radical (unpaired) electrons. The number of nitrogens with zero attached hydrogens (tertiary/aromatic N) is 2. The van der Waals surface area contributed by atoms with E-state index in [0.29, 0.717) is 18.0 Å². The molecule has 1 atom stereocenters. The Morgan fingerprint density at radius 3 is 2.58 bits per heavy atom. The van der Waals surface area contributed by atoms with Gasteiger partial charge in [0.2, 0.25) is 11.8 Å². The van der Waals surface area contributed by atoms with E-state index in [9.17, 15) is 14.4 Å². The number of fused-ring (bicyclic) bond motifs is 3. The van der Waals surface area contributed by atoms with Crippen LogP contribution in [0.4, 0.5) is 5.69 Å². The lowest BCUT2D eigenvalue weighted by atomic mass is 9.78. The van der Waals surface area contributed by atoms with Crippen LogP contribution in [0.5, 0.6) is 0 Å². The van der Waals surface area contributed by atoms with Gasteiger partial charge in [0.05, 0.1) is 16.5 Å². The summed E-state index contributed by atoms with van der Waals surface area (Å²) in [4.78, 5) is 44.5. The van der Waals surface area contributed by atoms with Crippen molar-refractivity contribution in [3.05, 3.63) is 41.5 Å². The number of carbonyl (C=O) groups excluding carboxylic acids is 3. The molecule has 0 bridgehead atoms. The van der Waals surface area contributed by atoms with Crippen LogP contribution in [0, 0.1) is 5.41 Å². The number of amides is 3. The maximum Gasteiger partial charge on any atom is 0.250 e. The first-order valence-corrected chi connectivity index (χ1v) is 13.0. The quantitative estimate of drug-likeness (QED) is 0.527. The number of nitrogens with two attached hydrogens (primary N) is 1. The van der Waals surface area contributed by atoms with Crippen LogP contribution in [0.1, 0.15) is 60.9 Å². The van der Waals surface area contributed by atoms with Crippen LogP contribution in [-0.4, -0.2) is 60.3 Å². The van der Waals surface area contributed by atoms with E-state index >= 15 is 0 Å². The Labute approximate surface area is 210 Å². The smallest absolute Gasteiger partial charge is 0.250 e. The molecule has 3 saturated heterocycles. The van der Waals surface area contributed by atoms with Gasteiger partial charge >= 0.3 is 0 Å². The Kier molecular flexibility index (Phi) is 5.43. The van der Waals surface area contributed by atoms with E-state index in [1.165, 1.54) is 5.56 Å². The summed E-state index contributed by atoms with van der Waals surface area (Å²) in [7, 11) is 0. The molecule has 3 aliphatic heterocycles. The van der Waals surface area contributed by atoms with Gasteiger partial charge in [-0.15, -0.1) is 0 Å². The second kappa shape index (κ2) is 8.54. The first kappa shape index (κ1) is 22.9. The molecule has 8 heteroatoms. The van der Waals surface area contributed by atoms with Gasteiger partial charge < -0.3 is 25.8 Å². The average molecular weight is 488 g/mol. The number of nitrogens with one attached hydrogen (secondary N) is 2. The van der Waals surface area contributed by atoms with Crippen LogP contribution in [-0.2, 0) is 9.59 Å². The molecule has 6 rings (SSSR count). The molecule has 3 aromatic rings. The van der Waals surface area contributed by atoms with Gasteiger partial charge in [0.15, 0.2) is 0 Å². The molecule has 2 aromatic carbocycles. The zero-order valence-electron chi connectivity index (χ0n) is 20.7. The summed E-state index contributed by atoms with van der Waals surface area (Å²) in [6.45, 7) is 5.50. The molecular weight excluding hydrogens is 454 g/mol. The van der Waals surface area contributed by atoms with Gasteiger partial charge in [0, 0.05) is 61.6 Å². The van der Waals surface area contributed by atoms with E-state index < -0.39 is 5.91 Å². The van der Waals surface area contributed by atoms with Gasteiger partial charge in [0.25, 0.3) is 5.91 Å². The molecule has 36 heavy (non-hydrogen) atoms. The van der Waals surface area contributed by atoms with Crippen molar-refractivity contribution in [3.63, 3.8) is 0 Å². The number of anilines is 1. The van der Waals surface area contributed by atoms with Gasteiger partial charge in [-0.2, -0.15) is 0 Å². The highest BCUT2D eigenvalue weighted by molar-refractivity contribution is 6.19. The molecule has 3 aliphatic rings. The van der Waals surface area contributed by atoms with Crippen LogP contribution in [0.15, 0.2) is 30.3 Å². The second-order valence-corrected chi connectivity index (χ2v) is 10.8. The molecule has 4 N–H and O–H groups in total. The van der Waals surface area contributed by atoms with Crippen molar-refractivity contribution in [3.8, 4) is 0 Å². The van der Waals surface area contributed by atoms with Crippen molar-refractivity contribution >= 4 is 45.2 Å². The van der Waals surface area contributed by atoms with Crippen molar-refractivity contribution in [1.29, 1.82) is 0 Å². The molecular formula is C28H33N5O3. The topological polar surface area (TPSA) is 112 Å². The fourth-order valence-electron chi connectivity index (χ4n) is 6.71. The lowest BCUT2D eigenvalue weighted by Crippen LogP contribution is -2.47.